The van der Waals surface area contributed by atoms with Crippen molar-refractivity contribution < 1.29 is 9.90 Å². The molecule has 14 nitrogen and oxygen atoms in total. The molecule has 1 N–H and O–H groups in total. The molecular weight excluding hydrogens is 873 g/mol. The molecule has 8 aromatic heterocycles. The predicted octanol–water partition coefficient (Wildman–Crippen LogP) is 15.2. The molecule has 8 heterocycles. The van der Waals surface area contributed by atoms with Crippen LogP contribution in [0.1, 0.15) is 172 Å². The Morgan fingerprint density at radius 2 is 0.543 bits per heavy atom. The summed E-state index contributed by atoms with van der Waals surface area (Å²) in [6.45, 7) is 30.0. The third kappa shape index (κ3) is 23.6. The fourth-order valence-electron chi connectivity index (χ4n) is 6.43. The highest BCUT2D eigenvalue weighted by Crippen LogP contribution is 2.22. The summed E-state index contributed by atoms with van der Waals surface area (Å²) in [5.74, 6) is 0.167. The smallest absolute Gasteiger partial charge is 0.143 e. The molecule has 0 saturated heterocycles. The highest BCUT2D eigenvalue weighted by molar-refractivity contribution is 5.84. The van der Waals surface area contributed by atoms with Gasteiger partial charge in [0.25, 0.3) is 0 Å². The molecule has 0 aliphatic carbocycles. The van der Waals surface area contributed by atoms with Gasteiger partial charge in [0.2, 0.25) is 0 Å². The molecule has 402 valence electrons. The molecule has 0 saturated carbocycles. The lowest BCUT2D eigenvalue weighted by Gasteiger charge is -1.95. The maximum Gasteiger partial charge on any atom is 0.143 e. The summed E-state index contributed by atoms with van der Waals surface area (Å²) >= 11 is 0. The van der Waals surface area contributed by atoms with Gasteiger partial charge in [-0.05, 0) is 98.4 Å². The largest absolute Gasteiger partial charge is 0.397 e. The van der Waals surface area contributed by atoms with Gasteiger partial charge in [-0.1, -0.05) is 106 Å². The van der Waals surface area contributed by atoms with Crippen molar-refractivity contribution in [3.05, 3.63) is 95.1 Å². The number of rotatable bonds is 1. The summed E-state index contributed by atoms with van der Waals surface area (Å²) in [5.41, 5.74) is 13.2. The summed E-state index contributed by atoms with van der Waals surface area (Å²) < 4.78 is 8.11. The number of carbonyl (C=O) groups excluding carboxylic acids is 1. The number of Topliss-reactive ketones (excluding diaryl/α,β-unsaturated/α-hetero) is 1. The minimum atomic E-state index is 0. The molecule has 0 fully saturated rings. The highest BCUT2D eigenvalue weighted by atomic mass is 16.2. The molecule has 8 rings (SSSR count). The second kappa shape index (κ2) is 40.9. The van der Waals surface area contributed by atoms with Crippen LogP contribution in [-0.2, 0) is 33.0 Å². The molecule has 0 bridgehead atoms. The first-order chi connectivity index (χ1) is 29.3. The molecule has 0 radical (unpaired) electrons. The SMILES string of the molecule is C.C.C.C.C.C.C.C.CC(C)=O.CCC.CCCC.CCO.Cc1cn(C)c2ncnc(C)c12.Cc1cn(C)c2ncnc(C)c12.Cc1cn(C)c2ncnc(C)c12.Cc1cn(C)c2ncnc(C)c12. The minimum Gasteiger partial charge on any atom is -0.397 e. The molecule has 0 aromatic carbocycles. The Morgan fingerprint density at radius 1 is 0.400 bits per heavy atom. The zero-order valence-electron chi connectivity index (χ0n) is 41.2. The van der Waals surface area contributed by atoms with Crippen molar-refractivity contribution in [2.75, 3.05) is 6.61 Å². The van der Waals surface area contributed by atoms with Crippen LogP contribution in [0.4, 0.5) is 0 Å². The summed E-state index contributed by atoms with van der Waals surface area (Å²) in [7, 11) is 8.01. The molecular formula is C56H106N12O2. The number of carbonyl (C=O) groups is 1. The molecule has 70 heavy (non-hydrogen) atoms. The standard InChI is InChI=1S/4C9H11N3.C4H10.C3H6O.C3H8.C2H6O.8CH4/c4*1-6-4-12(3)9-8(6)7(2)10-5-11-9;1-3-4-2;1-3(2)4;1-3-2;1-2-3;;;;;;;;/h4*4-5H,1-3H3;3-4H2,1-2H3;1-2H3;3H2,1-2H3;3H,2H2,1H3;8*1H4. The lowest BCUT2D eigenvalue weighted by atomic mass is 10.2. The normalized spacial score (nSPS) is 8.80. The van der Waals surface area contributed by atoms with Crippen molar-refractivity contribution in [2.45, 2.75) is 183 Å². The van der Waals surface area contributed by atoms with Crippen molar-refractivity contribution >= 4 is 49.9 Å². The van der Waals surface area contributed by atoms with Crippen LogP contribution in [0.3, 0.4) is 0 Å². The minimum absolute atomic E-state index is 0. The number of aliphatic hydroxyl groups is 1. The van der Waals surface area contributed by atoms with Gasteiger partial charge in [-0.25, -0.2) is 39.9 Å². The predicted molar refractivity (Wildman–Crippen MR) is 311 cm³/mol. The van der Waals surface area contributed by atoms with E-state index in [1.165, 1.54) is 76.9 Å². The molecule has 0 atom stereocenters. The Morgan fingerprint density at radius 3 is 0.657 bits per heavy atom. The highest BCUT2D eigenvalue weighted by Gasteiger charge is 2.09. The first kappa shape index (κ1) is 81.1. The van der Waals surface area contributed by atoms with Crippen LogP contribution in [-0.4, -0.2) is 75.6 Å². The molecule has 0 aliphatic rings. The van der Waals surface area contributed by atoms with Gasteiger partial charge < -0.3 is 28.2 Å². The second-order valence-corrected chi connectivity index (χ2v) is 15.3. The molecule has 8 aromatic rings. The lowest BCUT2D eigenvalue weighted by Crippen LogP contribution is -1.90. The maximum atomic E-state index is 9.44. The second-order valence-electron chi connectivity index (χ2n) is 15.3. The topological polar surface area (TPSA) is 160 Å². The molecule has 0 amide bonds. The summed E-state index contributed by atoms with van der Waals surface area (Å²) in [5, 5.41) is 12.3. The van der Waals surface area contributed by atoms with Crippen molar-refractivity contribution in [1.82, 2.24) is 58.1 Å². The molecule has 0 unspecified atom stereocenters. The summed E-state index contributed by atoms with van der Waals surface area (Å²) in [4.78, 5) is 42.9. The van der Waals surface area contributed by atoms with E-state index in [1.807, 2.05) is 74.2 Å². The Labute approximate surface area is 428 Å². The Balaban J connectivity index is -0.000000108. The van der Waals surface area contributed by atoms with Crippen LogP contribution in [0.2, 0.25) is 0 Å². The van der Waals surface area contributed by atoms with Crippen molar-refractivity contribution in [3.63, 3.8) is 0 Å². The molecule has 0 aliphatic heterocycles. The first-order valence-corrected chi connectivity index (χ1v) is 21.3. The third-order valence-corrected chi connectivity index (χ3v) is 9.03. The average Bonchev–Trinajstić information content (AvgIpc) is 3.89. The number of nitrogens with zero attached hydrogens (tertiary/aromatic N) is 12. The first-order valence-electron chi connectivity index (χ1n) is 21.3. The van der Waals surface area contributed by atoms with Crippen LogP contribution in [0.25, 0.3) is 44.1 Å². The molecule has 0 spiro atoms. The van der Waals surface area contributed by atoms with E-state index in [-0.39, 0.29) is 71.8 Å². The zero-order valence-corrected chi connectivity index (χ0v) is 41.2. The number of hydrogen-bond donors (Lipinski definition) is 1. The Bertz CT molecular complexity index is 2240. The van der Waals surface area contributed by atoms with Gasteiger partial charge in [0.1, 0.15) is 53.7 Å². The fourth-order valence-corrected chi connectivity index (χ4v) is 6.43. The number of aliphatic hydroxyl groups excluding tert-OH is 1. The van der Waals surface area contributed by atoms with E-state index in [0.29, 0.717) is 0 Å². The molecule has 14 heteroatoms. The summed E-state index contributed by atoms with van der Waals surface area (Å²) in [6.07, 6.45) is 18.6. The van der Waals surface area contributed by atoms with Gasteiger partial charge in [0.15, 0.2) is 0 Å². The van der Waals surface area contributed by atoms with E-state index < -0.39 is 0 Å². The zero-order chi connectivity index (χ0) is 47.3. The Kier molecular flexibility index (Phi) is 47.4. The van der Waals surface area contributed by atoms with Gasteiger partial charge in [-0.3, -0.25) is 0 Å². The van der Waals surface area contributed by atoms with Crippen LogP contribution in [0.5, 0.6) is 0 Å². The van der Waals surface area contributed by atoms with Crippen LogP contribution in [0, 0.1) is 55.4 Å². The van der Waals surface area contributed by atoms with Crippen LogP contribution >= 0.6 is 0 Å². The van der Waals surface area contributed by atoms with Gasteiger partial charge >= 0.3 is 0 Å². The number of unbranched alkanes of at least 4 members (excludes halogenated alkanes) is 1. The quantitative estimate of drug-likeness (QED) is 0.168. The van der Waals surface area contributed by atoms with Crippen molar-refractivity contribution in [3.8, 4) is 0 Å². The van der Waals surface area contributed by atoms with Crippen LogP contribution < -0.4 is 0 Å². The number of aromatic nitrogens is 12. The van der Waals surface area contributed by atoms with Gasteiger partial charge in [-0.15, -0.1) is 0 Å². The van der Waals surface area contributed by atoms with E-state index in [0.717, 1.165) is 45.4 Å². The van der Waals surface area contributed by atoms with Crippen molar-refractivity contribution in [2.24, 2.45) is 28.2 Å². The van der Waals surface area contributed by atoms with Gasteiger partial charge in [-0.2, -0.15) is 0 Å². The van der Waals surface area contributed by atoms with E-state index in [1.54, 1.807) is 32.2 Å². The fraction of sp³-hybridized carbons (Fsp3) is 0.554. The van der Waals surface area contributed by atoms with Crippen LogP contribution in [0.15, 0.2) is 50.1 Å². The number of ketones is 1. The monoisotopic (exact) mass is 979 g/mol. The van der Waals surface area contributed by atoms with E-state index in [2.05, 4.69) is 120 Å². The number of aryl methyl sites for hydroxylation is 12. The van der Waals surface area contributed by atoms with Crippen molar-refractivity contribution in [1.29, 1.82) is 0 Å². The maximum absolute atomic E-state index is 9.44. The van der Waals surface area contributed by atoms with Gasteiger partial charge in [0.05, 0.1) is 22.8 Å². The van der Waals surface area contributed by atoms with E-state index in [4.69, 9.17) is 5.11 Å². The number of fused-ring (bicyclic) bond motifs is 4. The van der Waals surface area contributed by atoms with Gasteiger partial charge in [0, 0.05) is 81.1 Å². The third-order valence-electron chi connectivity index (χ3n) is 9.03. The Hall–Kier alpha value is -5.89. The van der Waals surface area contributed by atoms with E-state index in [9.17, 15) is 4.79 Å². The number of hydrogen-bond acceptors (Lipinski definition) is 10. The average molecular weight is 980 g/mol. The lowest BCUT2D eigenvalue weighted by molar-refractivity contribution is -0.115. The van der Waals surface area contributed by atoms with E-state index >= 15 is 0 Å². The summed E-state index contributed by atoms with van der Waals surface area (Å²) in [6, 6.07) is 0.